The van der Waals surface area contributed by atoms with Gasteiger partial charge >= 0.3 is 0 Å². The predicted octanol–water partition coefficient (Wildman–Crippen LogP) is 2.00. The highest BCUT2D eigenvalue weighted by molar-refractivity contribution is 6.30. The molecule has 2 N–H and O–H groups in total. The molecular formula is C10H13ClFNO. The molecule has 0 saturated carbocycles. The Labute approximate surface area is 87.8 Å². The number of benzene rings is 1. The molecule has 0 aliphatic carbocycles. The SMILES string of the molecule is COCC(N)Cc1ccc(F)c(Cl)c1. The molecule has 1 aromatic rings. The van der Waals surface area contributed by atoms with E-state index in [0.29, 0.717) is 13.0 Å². The second-order valence-electron chi connectivity index (χ2n) is 3.17. The van der Waals surface area contributed by atoms with Crippen LogP contribution in [0.1, 0.15) is 5.56 Å². The highest BCUT2D eigenvalue weighted by Crippen LogP contribution is 2.16. The molecule has 4 heteroatoms. The van der Waals surface area contributed by atoms with Crippen molar-refractivity contribution in [1.82, 2.24) is 0 Å². The maximum absolute atomic E-state index is 12.8. The number of hydrogen-bond acceptors (Lipinski definition) is 2. The normalized spacial score (nSPS) is 12.9. The summed E-state index contributed by atoms with van der Waals surface area (Å²) >= 11 is 5.63. The average molecular weight is 218 g/mol. The lowest BCUT2D eigenvalue weighted by Crippen LogP contribution is -2.27. The molecule has 78 valence electrons. The van der Waals surface area contributed by atoms with Gasteiger partial charge in [0.05, 0.1) is 11.6 Å². The molecule has 0 amide bonds. The summed E-state index contributed by atoms with van der Waals surface area (Å²) in [6, 6.07) is 4.53. The number of hydrogen-bond donors (Lipinski definition) is 1. The Bertz CT molecular complexity index is 306. The monoisotopic (exact) mass is 217 g/mol. The first-order chi connectivity index (χ1) is 6.63. The molecule has 0 spiro atoms. The first-order valence-electron chi connectivity index (χ1n) is 4.32. The highest BCUT2D eigenvalue weighted by Gasteiger charge is 2.05. The molecule has 1 unspecified atom stereocenters. The van der Waals surface area contributed by atoms with Crippen molar-refractivity contribution in [3.63, 3.8) is 0 Å². The van der Waals surface area contributed by atoms with Crippen molar-refractivity contribution in [3.8, 4) is 0 Å². The topological polar surface area (TPSA) is 35.2 Å². The minimum Gasteiger partial charge on any atom is -0.383 e. The van der Waals surface area contributed by atoms with Gasteiger partial charge in [-0.1, -0.05) is 17.7 Å². The molecule has 0 radical (unpaired) electrons. The van der Waals surface area contributed by atoms with Crippen molar-refractivity contribution in [2.45, 2.75) is 12.5 Å². The minimum atomic E-state index is -0.407. The summed E-state index contributed by atoms with van der Waals surface area (Å²) in [6.45, 7) is 0.481. The smallest absolute Gasteiger partial charge is 0.141 e. The van der Waals surface area contributed by atoms with E-state index in [1.54, 1.807) is 19.2 Å². The summed E-state index contributed by atoms with van der Waals surface area (Å²) < 4.78 is 17.7. The second kappa shape index (κ2) is 5.29. The molecule has 1 atom stereocenters. The van der Waals surface area contributed by atoms with Gasteiger partial charge in [-0.2, -0.15) is 0 Å². The van der Waals surface area contributed by atoms with E-state index in [4.69, 9.17) is 22.1 Å². The third-order valence-electron chi connectivity index (χ3n) is 1.86. The predicted molar refractivity (Wildman–Crippen MR) is 55.0 cm³/mol. The fraction of sp³-hybridized carbons (Fsp3) is 0.400. The van der Waals surface area contributed by atoms with E-state index in [0.717, 1.165) is 5.56 Å². The quantitative estimate of drug-likeness (QED) is 0.837. The van der Waals surface area contributed by atoms with Crippen LogP contribution < -0.4 is 5.73 Å². The van der Waals surface area contributed by atoms with Crippen molar-refractivity contribution in [3.05, 3.63) is 34.6 Å². The fourth-order valence-electron chi connectivity index (χ4n) is 1.24. The summed E-state index contributed by atoms with van der Waals surface area (Å²) in [4.78, 5) is 0. The second-order valence-corrected chi connectivity index (χ2v) is 3.58. The Kier molecular flexibility index (Phi) is 4.32. The number of halogens is 2. The van der Waals surface area contributed by atoms with Gasteiger partial charge in [0.15, 0.2) is 0 Å². The third-order valence-corrected chi connectivity index (χ3v) is 2.15. The molecule has 14 heavy (non-hydrogen) atoms. The van der Waals surface area contributed by atoms with E-state index in [9.17, 15) is 4.39 Å². The van der Waals surface area contributed by atoms with E-state index >= 15 is 0 Å². The van der Waals surface area contributed by atoms with E-state index < -0.39 is 5.82 Å². The standard InChI is InChI=1S/C10H13ClFNO/c1-14-6-8(13)4-7-2-3-10(12)9(11)5-7/h2-3,5,8H,4,6,13H2,1H3. The fourth-order valence-corrected chi connectivity index (χ4v) is 1.45. The lowest BCUT2D eigenvalue weighted by atomic mass is 10.1. The molecule has 0 aliphatic rings. The Hall–Kier alpha value is -0.640. The van der Waals surface area contributed by atoms with Gasteiger partial charge in [0.25, 0.3) is 0 Å². The molecule has 0 saturated heterocycles. The van der Waals surface area contributed by atoms with E-state index in [1.165, 1.54) is 6.07 Å². The summed E-state index contributed by atoms with van der Waals surface area (Å²) in [5, 5.41) is 0.132. The van der Waals surface area contributed by atoms with Crippen LogP contribution in [-0.2, 0) is 11.2 Å². The van der Waals surface area contributed by atoms with Gasteiger partial charge < -0.3 is 10.5 Å². The molecule has 0 aromatic heterocycles. The van der Waals surface area contributed by atoms with Crippen molar-refractivity contribution in [1.29, 1.82) is 0 Å². The van der Waals surface area contributed by atoms with Crippen LogP contribution in [0.25, 0.3) is 0 Å². The number of ether oxygens (including phenoxy) is 1. The van der Waals surface area contributed by atoms with Crippen molar-refractivity contribution in [2.24, 2.45) is 5.73 Å². The minimum absolute atomic E-state index is 0.0819. The summed E-state index contributed by atoms with van der Waals surface area (Å²) in [7, 11) is 1.59. The molecule has 0 heterocycles. The number of nitrogens with two attached hydrogens (primary N) is 1. The summed E-state index contributed by atoms with van der Waals surface area (Å²) in [6.07, 6.45) is 0.633. The molecular weight excluding hydrogens is 205 g/mol. The van der Waals surface area contributed by atoms with Crippen LogP contribution in [0.15, 0.2) is 18.2 Å². The van der Waals surface area contributed by atoms with Gasteiger partial charge in [0.1, 0.15) is 5.82 Å². The van der Waals surface area contributed by atoms with Gasteiger partial charge in [-0.05, 0) is 24.1 Å². The molecule has 2 nitrogen and oxygen atoms in total. The van der Waals surface area contributed by atoms with E-state index in [1.807, 2.05) is 0 Å². The van der Waals surface area contributed by atoms with Gasteiger partial charge in [0.2, 0.25) is 0 Å². The molecule has 1 aromatic carbocycles. The first-order valence-corrected chi connectivity index (χ1v) is 4.69. The van der Waals surface area contributed by atoms with Crippen LogP contribution in [0.5, 0.6) is 0 Å². The van der Waals surface area contributed by atoms with Crippen LogP contribution in [0.4, 0.5) is 4.39 Å². The van der Waals surface area contributed by atoms with Crippen molar-refractivity contribution >= 4 is 11.6 Å². The van der Waals surface area contributed by atoms with Gasteiger partial charge in [-0.3, -0.25) is 0 Å². The Morgan fingerprint density at radius 3 is 2.86 bits per heavy atom. The Morgan fingerprint density at radius 1 is 1.57 bits per heavy atom. The molecule has 0 fully saturated rings. The molecule has 0 bridgehead atoms. The number of rotatable bonds is 4. The number of methoxy groups -OCH3 is 1. The zero-order chi connectivity index (χ0) is 10.6. The molecule has 0 aliphatic heterocycles. The molecule has 1 rings (SSSR count). The van der Waals surface area contributed by atoms with Gasteiger partial charge in [-0.15, -0.1) is 0 Å². The lowest BCUT2D eigenvalue weighted by Gasteiger charge is -2.10. The van der Waals surface area contributed by atoms with Crippen molar-refractivity contribution in [2.75, 3.05) is 13.7 Å². The zero-order valence-electron chi connectivity index (χ0n) is 7.97. The van der Waals surface area contributed by atoms with Crippen LogP contribution in [-0.4, -0.2) is 19.8 Å². The third kappa shape index (κ3) is 3.25. The van der Waals surface area contributed by atoms with Crippen LogP contribution >= 0.6 is 11.6 Å². The lowest BCUT2D eigenvalue weighted by molar-refractivity contribution is 0.180. The van der Waals surface area contributed by atoms with Crippen LogP contribution in [0, 0.1) is 5.82 Å². The maximum atomic E-state index is 12.8. The van der Waals surface area contributed by atoms with Gasteiger partial charge in [-0.25, -0.2) is 4.39 Å². The largest absolute Gasteiger partial charge is 0.383 e. The van der Waals surface area contributed by atoms with E-state index in [2.05, 4.69) is 0 Å². The summed E-state index contributed by atoms with van der Waals surface area (Å²) in [5.41, 5.74) is 6.66. The Morgan fingerprint density at radius 2 is 2.29 bits per heavy atom. The van der Waals surface area contributed by atoms with Crippen LogP contribution in [0.2, 0.25) is 5.02 Å². The van der Waals surface area contributed by atoms with Gasteiger partial charge in [0, 0.05) is 13.2 Å². The maximum Gasteiger partial charge on any atom is 0.141 e. The average Bonchev–Trinajstić information content (AvgIpc) is 2.12. The van der Waals surface area contributed by atoms with Crippen LogP contribution in [0.3, 0.4) is 0 Å². The zero-order valence-corrected chi connectivity index (χ0v) is 8.72. The summed E-state index contributed by atoms with van der Waals surface area (Å²) in [5.74, 6) is -0.407. The Balaban J connectivity index is 2.63. The van der Waals surface area contributed by atoms with Crippen molar-refractivity contribution < 1.29 is 9.13 Å². The first kappa shape index (κ1) is 11.4. The van der Waals surface area contributed by atoms with E-state index in [-0.39, 0.29) is 11.1 Å². The highest BCUT2D eigenvalue weighted by atomic mass is 35.5.